The van der Waals surface area contributed by atoms with Crippen molar-refractivity contribution in [2.24, 2.45) is 17.8 Å². The van der Waals surface area contributed by atoms with E-state index >= 15 is 0 Å². The van der Waals surface area contributed by atoms with E-state index in [2.05, 4.69) is 4.74 Å². The molecule has 0 spiro atoms. The van der Waals surface area contributed by atoms with Gasteiger partial charge in [-0.25, -0.2) is 4.79 Å². The molecule has 2 aromatic rings. The summed E-state index contributed by atoms with van der Waals surface area (Å²) in [7, 11) is 2.57. The highest BCUT2D eigenvalue weighted by atomic mass is 16.5. The van der Waals surface area contributed by atoms with Crippen molar-refractivity contribution in [2.45, 2.75) is 32.0 Å². The molecule has 0 bridgehead atoms. The number of amides is 3. The number of allylic oxidation sites excluding steroid dienone is 1. The molecule has 3 N–H and O–H groups in total. The third kappa shape index (κ3) is 5.74. The summed E-state index contributed by atoms with van der Waals surface area (Å²) in [6.07, 6.45) is 0.508. The van der Waals surface area contributed by atoms with Gasteiger partial charge in [0.25, 0.3) is 0 Å². The van der Waals surface area contributed by atoms with Crippen LogP contribution in [0, 0.1) is 17.8 Å². The predicted molar refractivity (Wildman–Crippen MR) is 140 cm³/mol. The second-order valence-corrected chi connectivity index (χ2v) is 9.65. The van der Waals surface area contributed by atoms with E-state index in [0.29, 0.717) is 34.0 Å². The van der Waals surface area contributed by atoms with Gasteiger partial charge < -0.3 is 29.2 Å². The molecule has 1 aliphatic heterocycles. The van der Waals surface area contributed by atoms with Crippen LogP contribution >= 0.6 is 0 Å². The minimum absolute atomic E-state index is 0.101. The standard InChI is InChI=1S/C29H33NO9/c1-37-16-19-13-22-26(28(35)30(27(22)34)29(36)38-2)23(15-32)25(19)24(33)11-8-18(17-6-4-3-5-7-17)12-20-9-10-21(14-31)39-20/h3-7,9-10,12,22-24,26,31-33H,8,11,13-16H2,1-2H3/b18-12-/t22-,23+,24-,26-/m1/s1. The Balaban J connectivity index is 1.63. The van der Waals surface area contributed by atoms with Crippen LogP contribution in [0.3, 0.4) is 0 Å². The van der Waals surface area contributed by atoms with Gasteiger partial charge in [-0.2, -0.15) is 4.90 Å². The van der Waals surface area contributed by atoms with E-state index in [1.807, 2.05) is 36.4 Å². The number of hydrogen-bond donors (Lipinski definition) is 3. The number of carbonyl (C=O) groups is 3. The minimum atomic E-state index is -1.06. The lowest BCUT2D eigenvalue weighted by atomic mass is 9.68. The zero-order valence-electron chi connectivity index (χ0n) is 21.9. The van der Waals surface area contributed by atoms with E-state index in [9.17, 15) is 29.7 Å². The molecule has 2 aliphatic rings. The molecule has 208 valence electrons. The average Bonchev–Trinajstić information content (AvgIpc) is 3.51. The molecule has 0 saturated carbocycles. The highest BCUT2D eigenvalue weighted by Gasteiger charge is 2.57. The molecular weight excluding hydrogens is 506 g/mol. The topological polar surface area (TPSA) is 147 Å². The normalized spacial score (nSPS) is 22.3. The summed E-state index contributed by atoms with van der Waals surface area (Å²) in [5.74, 6) is -3.13. The van der Waals surface area contributed by atoms with Crippen LogP contribution in [0.1, 0.15) is 36.3 Å². The van der Waals surface area contributed by atoms with Crippen molar-refractivity contribution in [3.8, 4) is 0 Å². The van der Waals surface area contributed by atoms with Gasteiger partial charge in [0, 0.05) is 13.0 Å². The molecule has 3 amide bonds. The second kappa shape index (κ2) is 12.5. The molecule has 1 saturated heterocycles. The van der Waals surface area contributed by atoms with Gasteiger partial charge in [-0.15, -0.1) is 0 Å². The summed E-state index contributed by atoms with van der Waals surface area (Å²) in [4.78, 5) is 38.8. The molecule has 1 aliphatic carbocycles. The molecule has 1 aromatic carbocycles. The quantitative estimate of drug-likeness (QED) is 0.306. The summed E-state index contributed by atoms with van der Waals surface area (Å²) in [6.45, 7) is -0.612. The van der Waals surface area contributed by atoms with Crippen LogP contribution < -0.4 is 0 Å². The highest BCUT2D eigenvalue weighted by Crippen LogP contribution is 2.46. The van der Waals surface area contributed by atoms with Crippen molar-refractivity contribution in [2.75, 3.05) is 27.4 Å². The second-order valence-electron chi connectivity index (χ2n) is 9.65. The summed E-state index contributed by atoms with van der Waals surface area (Å²) < 4.78 is 15.6. The number of methoxy groups -OCH3 is 2. The van der Waals surface area contributed by atoms with Crippen molar-refractivity contribution in [3.05, 3.63) is 70.7 Å². The van der Waals surface area contributed by atoms with E-state index in [0.717, 1.165) is 18.2 Å². The molecule has 10 heteroatoms. The van der Waals surface area contributed by atoms with Crippen molar-refractivity contribution in [3.63, 3.8) is 0 Å². The SMILES string of the molecule is COCC1=C([C@H](O)CC/C(=C/c2ccc(CO)o2)c2ccccc2)[C@H](CO)[C@@H]2C(=O)N(C(=O)OC)C(=O)[C@@H]2C1. The number of carbonyl (C=O) groups excluding carboxylic acids is 3. The number of benzene rings is 1. The van der Waals surface area contributed by atoms with Gasteiger partial charge in [-0.1, -0.05) is 30.3 Å². The van der Waals surface area contributed by atoms with E-state index in [1.165, 1.54) is 7.11 Å². The van der Waals surface area contributed by atoms with Crippen LogP contribution in [-0.4, -0.2) is 71.7 Å². The van der Waals surface area contributed by atoms with Gasteiger partial charge in [-0.3, -0.25) is 9.59 Å². The molecule has 1 fully saturated rings. The summed E-state index contributed by atoms with van der Waals surface area (Å²) in [5.41, 5.74) is 2.88. The Labute approximate surface area is 226 Å². The Hall–Kier alpha value is -3.57. The molecule has 39 heavy (non-hydrogen) atoms. The van der Waals surface area contributed by atoms with Gasteiger partial charge in [0.1, 0.15) is 18.1 Å². The number of nitrogens with zero attached hydrogens (tertiary/aromatic N) is 1. The fourth-order valence-electron chi connectivity index (χ4n) is 5.67. The number of likely N-dealkylation sites (tertiary alicyclic amines) is 1. The van der Waals surface area contributed by atoms with E-state index in [1.54, 1.807) is 12.1 Å². The van der Waals surface area contributed by atoms with E-state index in [-0.39, 0.29) is 26.1 Å². The first-order valence-electron chi connectivity index (χ1n) is 12.8. The van der Waals surface area contributed by atoms with Crippen LogP contribution in [0.4, 0.5) is 4.79 Å². The van der Waals surface area contributed by atoms with E-state index < -0.39 is 48.4 Å². The smallest absolute Gasteiger partial charge is 0.423 e. The van der Waals surface area contributed by atoms with Crippen molar-refractivity contribution >= 4 is 29.6 Å². The summed E-state index contributed by atoms with van der Waals surface area (Å²) >= 11 is 0. The maximum absolute atomic E-state index is 13.2. The first kappa shape index (κ1) is 28.4. The van der Waals surface area contributed by atoms with Crippen molar-refractivity contribution in [1.29, 1.82) is 0 Å². The van der Waals surface area contributed by atoms with Crippen LogP contribution in [0.2, 0.25) is 0 Å². The van der Waals surface area contributed by atoms with Crippen LogP contribution in [-0.2, 0) is 25.7 Å². The van der Waals surface area contributed by atoms with Crippen LogP contribution in [0.15, 0.2) is 58.0 Å². The number of furan rings is 1. The molecule has 1 aromatic heterocycles. The summed E-state index contributed by atoms with van der Waals surface area (Å²) in [6, 6.07) is 13.0. The Morgan fingerprint density at radius 3 is 2.49 bits per heavy atom. The molecule has 0 radical (unpaired) electrons. The molecule has 0 unspecified atom stereocenters. The zero-order valence-corrected chi connectivity index (χ0v) is 21.9. The summed E-state index contributed by atoms with van der Waals surface area (Å²) in [5, 5.41) is 31.2. The van der Waals surface area contributed by atoms with Gasteiger partial charge in [-0.05, 0) is 59.8 Å². The zero-order chi connectivity index (χ0) is 28.1. The molecular formula is C29H33NO9. The highest BCUT2D eigenvalue weighted by molar-refractivity contribution is 6.16. The Morgan fingerprint density at radius 1 is 1.13 bits per heavy atom. The lowest BCUT2D eigenvalue weighted by Crippen LogP contribution is -2.40. The fourth-order valence-corrected chi connectivity index (χ4v) is 5.67. The van der Waals surface area contributed by atoms with Crippen LogP contribution in [0.5, 0.6) is 0 Å². The van der Waals surface area contributed by atoms with Crippen molar-refractivity contribution < 1.29 is 43.6 Å². The number of imide groups is 3. The minimum Gasteiger partial charge on any atom is -0.459 e. The number of ether oxygens (including phenoxy) is 2. The fraction of sp³-hybridized carbons (Fsp3) is 0.414. The van der Waals surface area contributed by atoms with Crippen LogP contribution in [0.25, 0.3) is 11.6 Å². The number of fused-ring (bicyclic) bond motifs is 1. The van der Waals surface area contributed by atoms with Gasteiger partial charge in [0.15, 0.2) is 0 Å². The Kier molecular flexibility index (Phi) is 9.13. The third-order valence-electron chi connectivity index (χ3n) is 7.40. The lowest BCUT2D eigenvalue weighted by Gasteiger charge is -2.36. The van der Waals surface area contributed by atoms with Gasteiger partial charge in [0.05, 0.1) is 38.3 Å². The van der Waals surface area contributed by atoms with Gasteiger partial charge >= 0.3 is 6.09 Å². The lowest BCUT2D eigenvalue weighted by molar-refractivity contribution is -0.137. The first-order valence-corrected chi connectivity index (χ1v) is 12.8. The first-order chi connectivity index (χ1) is 18.8. The van der Waals surface area contributed by atoms with Gasteiger partial charge in [0.2, 0.25) is 11.8 Å². The predicted octanol–water partition coefficient (Wildman–Crippen LogP) is 2.78. The maximum atomic E-state index is 13.2. The van der Waals surface area contributed by atoms with E-state index in [4.69, 9.17) is 9.15 Å². The molecule has 10 nitrogen and oxygen atoms in total. The van der Waals surface area contributed by atoms with Crippen molar-refractivity contribution in [1.82, 2.24) is 4.90 Å². The Morgan fingerprint density at radius 2 is 1.87 bits per heavy atom. The number of rotatable bonds is 10. The monoisotopic (exact) mass is 539 g/mol. The largest absolute Gasteiger partial charge is 0.459 e. The number of aliphatic hydroxyl groups is 3. The third-order valence-corrected chi connectivity index (χ3v) is 7.40. The Bertz CT molecular complexity index is 1260. The molecule has 2 heterocycles. The number of aliphatic hydroxyl groups excluding tert-OH is 3. The molecule has 4 rings (SSSR count). The molecule has 4 atom stereocenters. The average molecular weight is 540 g/mol. The number of hydrogen-bond acceptors (Lipinski definition) is 9. The maximum Gasteiger partial charge on any atom is 0.423 e.